The molecule has 8 heteroatoms. The van der Waals surface area contributed by atoms with E-state index in [-0.39, 0.29) is 18.3 Å². The van der Waals surface area contributed by atoms with E-state index in [0.717, 1.165) is 21.3 Å². The third-order valence-electron chi connectivity index (χ3n) is 4.44. The maximum Gasteiger partial charge on any atom is 0.305 e. The van der Waals surface area contributed by atoms with Crippen LogP contribution in [0.15, 0.2) is 57.9 Å². The second-order valence-electron chi connectivity index (χ2n) is 6.73. The minimum absolute atomic E-state index is 0.130. The molecule has 1 fully saturated rings. The fourth-order valence-corrected chi connectivity index (χ4v) is 4.44. The number of halogens is 1. The van der Waals surface area contributed by atoms with Gasteiger partial charge in [0, 0.05) is 17.4 Å². The van der Waals surface area contributed by atoms with Gasteiger partial charge in [-0.1, -0.05) is 64.2 Å². The normalized spacial score (nSPS) is 14.9. The molecule has 162 valence electrons. The van der Waals surface area contributed by atoms with Crippen LogP contribution < -0.4 is 4.74 Å². The Labute approximate surface area is 199 Å². The number of carbonyl (C=O) groups excluding carboxylic acids is 2. The van der Waals surface area contributed by atoms with Gasteiger partial charge in [-0.3, -0.25) is 14.5 Å². The second kappa shape index (κ2) is 11.5. The Morgan fingerprint density at radius 3 is 2.55 bits per heavy atom. The van der Waals surface area contributed by atoms with Gasteiger partial charge in [0.2, 0.25) is 0 Å². The Bertz CT molecular complexity index is 974. The lowest BCUT2D eigenvalue weighted by Crippen LogP contribution is -2.29. The Balaban J connectivity index is 1.54. The molecule has 1 amide bonds. The molecule has 0 atom stereocenters. The van der Waals surface area contributed by atoms with Crippen LogP contribution in [0.1, 0.15) is 30.9 Å². The monoisotopic (exact) mass is 519 g/mol. The van der Waals surface area contributed by atoms with Gasteiger partial charge >= 0.3 is 5.97 Å². The Kier molecular flexibility index (Phi) is 8.69. The van der Waals surface area contributed by atoms with Crippen molar-refractivity contribution < 1.29 is 19.1 Å². The molecule has 0 spiro atoms. The number of hydrogen-bond acceptors (Lipinski definition) is 6. The predicted octanol–water partition coefficient (Wildman–Crippen LogP) is 5.57. The maximum absolute atomic E-state index is 12.7. The van der Waals surface area contributed by atoms with E-state index in [1.807, 2.05) is 54.6 Å². The highest BCUT2D eigenvalue weighted by Gasteiger charge is 2.31. The fraction of sp³-hybridized carbons (Fsp3) is 0.261. The zero-order chi connectivity index (χ0) is 22.2. The lowest BCUT2D eigenvalue weighted by Gasteiger charge is -2.13. The van der Waals surface area contributed by atoms with Crippen LogP contribution in [0.4, 0.5) is 0 Å². The zero-order valence-corrected chi connectivity index (χ0v) is 20.2. The molecule has 0 aromatic heterocycles. The first kappa shape index (κ1) is 23.5. The molecular weight excluding hydrogens is 498 g/mol. The van der Waals surface area contributed by atoms with Crippen LogP contribution in [0.25, 0.3) is 6.08 Å². The van der Waals surface area contributed by atoms with E-state index in [1.54, 1.807) is 11.8 Å². The molecule has 5 nitrogen and oxygen atoms in total. The molecular formula is C23H22BrNO4S2. The van der Waals surface area contributed by atoms with Gasteiger partial charge in [-0.15, -0.1) is 0 Å². The number of ether oxygens (including phenoxy) is 2. The van der Waals surface area contributed by atoms with Crippen LogP contribution in [-0.4, -0.2) is 34.2 Å². The lowest BCUT2D eigenvalue weighted by atomic mass is 10.2. The van der Waals surface area contributed by atoms with Crippen molar-refractivity contribution >= 4 is 62.2 Å². The van der Waals surface area contributed by atoms with Crippen LogP contribution in [0, 0.1) is 0 Å². The number of benzene rings is 2. The van der Waals surface area contributed by atoms with Gasteiger partial charge in [0.1, 0.15) is 16.7 Å². The topological polar surface area (TPSA) is 55.8 Å². The summed E-state index contributed by atoms with van der Waals surface area (Å²) in [6.45, 7) is 3.02. The highest BCUT2D eigenvalue weighted by molar-refractivity contribution is 9.10. The van der Waals surface area contributed by atoms with E-state index in [9.17, 15) is 9.59 Å². The molecule has 1 aliphatic rings. The van der Waals surface area contributed by atoms with Crippen molar-refractivity contribution in [2.24, 2.45) is 0 Å². The maximum atomic E-state index is 12.7. The summed E-state index contributed by atoms with van der Waals surface area (Å²) in [7, 11) is 0. The molecule has 1 aliphatic heterocycles. The Morgan fingerprint density at radius 2 is 1.87 bits per heavy atom. The minimum atomic E-state index is -0.258. The fourth-order valence-electron chi connectivity index (χ4n) is 2.87. The van der Waals surface area contributed by atoms with E-state index in [2.05, 4.69) is 15.9 Å². The zero-order valence-electron chi connectivity index (χ0n) is 17.0. The van der Waals surface area contributed by atoms with E-state index in [0.29, 0.717) is 35.4 Å². The summed E-state index contributed by atoms with van der Waals surface area (Å²) in [6.07, 6.45) is 2.61. The summed E-state index contributed by atoms with van der Waals surface area (Å²) in [4.78, 5) is 26.3. The molecule has 1 heterocycles. The molecule has 2 aromatic rings. The highest BCUT2D eigenvalue weighted by Crippen LogP contribution is 2.33. The summed E-state index contributed by atoms with van der Waals surface area (Å²) in [5, 5.41) is 0. The quantitative estimate of drug-likeness (QED) is 0.245. The van der Waals surface area contributed by atoms with Crippen molar-refractivity contribution in [1.29, 1.82) is 0 Å². The van der Waals surface area contributed by atoms with Gasteiger partial charge in [0.15, 0.2) is 0 Å². The molecule has 0 aliphatic carbocycles. The van der Waals surface area contributed by atoms with Crippen molar-refractivity contribution in [2.75, 3.05) is 13.2 Å². The summed E-state index contributed by atoms with van der Waals surface area (Å²) < 4.78 is 12.3. The number of esters is 1. The summed E-state index contributed by atoms with van der Waals surface area (Å²) in [5.41, 5.74) is 1.97. The average Bonchev–Trinajstić information content (AvgIpc) is 3.02. The number of hydrogen-bond donors (Lipinski definition) is 0. The largest absolute Gasteiger partial charge is 0.489 e. The number of nitrogens with zero attached hydrogens (tertiary/aromatic N) is 1. The minimum Gasteiger partial charge on any atom is -0.489 e. The number of amides is 1. The third-order valence-corrected chi connectivity index (χ3v) is 6.34. The Morgan fingerprint density at radius 1 is 1.16 bits per heavy atom. The highest BCUT2D eigenvalue weighted by atomic mass is 79.9. The van der Waals surface area contributed by atoms with Crippen molar-refractivity contribution in [2.45, 2.75) is 26.4 Å². The van der Waals surface area contributed by atoms with Gasteiger partial charge < -0.3 is 9.47 Å². The van der Waals surface area contributed by atoms with Crippen molar-refractivity contribution in [1.82, 2.24) is 4.90 Å². The first-order valence-electron chi connectivity index (χ1n) is 9.84. The van der Waals surface area contributed by atoms with Crippen molar-refractivity contribution in [3.63, 3.8) is 0 Å². The predicted molar refractivity (Wildman–Crippen MR) is 131 cm³/mol. The first-order chi connectivity index (χ1) is 15.0. The SMILES string of the molecule is CCOC(=O)CCCN1C(=O)/C(=C\c2ccc(OCc3ccc(Br)cc3)cc2)SC1=S. The molecule has 0 N–H and O–H groups in total. The van der Waals surface area contributed by atoms with Crippen molar-refractivity contribution in [3.8, 4) is 5.75 Å². The van der Waals surface area contributed by atoms with E-state index < -0.39 is 0 Å². The number of carbonyl (C=O) groups is 2. The van der Waals surface area contributed by atoms with Crippen LogP contribution >= 0.6 is 39.9 Å². The number of thioether (sulfide) groups is 1. The molecule has 3 rings (SSSR count). The molecule has 31 heavy (non-hydrogen) atoms. The molecule has 0 saturated carbocycles. The molecule has 1 saturated heterocycles. The molecule has 0 radical (unpaired) electrons. The van der Waals surface area contributed by atoms with Crippen LogP contribution in [0.5, 0.6) is 5.75 Å². The average molecular weight is 520 g/mol. The molecule has 0 bridgehead atoms. The summed E-state index contributed by atoms with van der Waals surface area (Å²) >= 11 is 10.0. The number of thiocarbonyl (C=S) groups is 1. The van der Waals surface area contributed by atoms with Gasteiger partial charge in [-0.2, -0.15) is 0 Å². The van der Waals surface area contributed by atoms with Gasteiger partial charge in [0.05, 0.1) is 11.5 Å². The van der Waals surface area contributed by atoms with Crippen molar-refractivity contribution in [3.05, 3.63) is 69.0 Å². The second-order valence-corrected chi connectivity index (χ2v) is 9.32. The van der Waals surface area contributed by atoms with Gasteiger partial charge in [-0.25, -0.2) is 0 Å². The molecule has 0 unspecified atom stereocenters. The van der Waals surface area contributed by atoms with Crippen LogP contribution in [-0.2, 0) is 20.9 Å². The van der Waals surface area contributed by atoms with Gasteiger partial charge in [-0.05, 0) is 54.8 Å². The van der Waals surface area contributed by atoms with E-state index in [1.165, 1.54) is 11.8 Å². The van der Waals surface area contributed by atoms with Crippen LogP contribution in [0.3, 0.4) is 0 Å². The molecule has 2 aromatic carbocycles. The van der Waals surface area contributed by atoms with E-state index >= 15 is 0 Å². The van der Waals surface area contributed by atoms with E-state index in [4.69, 9.17) is 21.7 Å². The lowest BCUT2D eigenvalue weighted by molar-refractivity contribution is -0.143. The van der Waals surface area contributed by atoms with Crippen LogP contribution in [0.2, 0.25) is 0 Å². The van der Waals surface area contributed by atoms with Gasteiger partial charge in [0.25, 0.3) is 5.91 Å². The smallest absolute Gasteiger partial charge is 0.305 e. The summed E-state index contributed by atoms with van der Waals surface area (Å²) in [5.74, 6) is 0.368. The number of rotatable bonds is 9. The Hall–Kier alpha value is -2.16. The first-order valence-corrected chi connectivity index (χ1v) is 11.9. The summed E-state index contributed by atoms with van der Waals surface area (Å²) in [6, 6.07) is 15.5. The standard InChI is InChI=1S/C23H22BrNO4S2/c1-2-28-21(26)4-3-13-25-22(27)20(31-23(25)30)14-16-7-11-19(12-8-16)29-15-17-5-9-18(24)10-6-17/h5-12,14H,2-4,13,15H2,1H3/b20-14+. The third kappa shape index (κ3) is 6.92.